The number of hydrogen-bond acceptors (Lipinski definition) is 4. The van der Waals surface area contributed by atoms with Crippen molar-refractivity contribution < 1.29 is 19.1 Å². The molecule has 0 heterocycles. The summed E-state index contributed by atoms with van der Waals surface area (Å²) in [4.78, 5) is 22.9. The lowest BCUT2D eigenvalue weighted by atomic mass is 9.93. The molecule has 0 aliphatic heterocycles. The maximum Gasteiger partial charge on any atom is 0.411 e. The van der Waals surface area contributed by atoms with Gasteiger partial charge in [0.25, 0.3) is 0 Å². The standard InChI is InChI=1S/C21H26N2O4/c1-12-7-16(8-13(2)18(12)11-22-20(24)26-5)17-9-14(3)19(15(4)10-17)23-21(25)27-6/h7-10H,11H2,1-6H3,(H,22,24)(H,23,25). The fourth-order valence-corrected chi connectivity index (χ4v) is 3.15. The number of ether oxygens (including phenoxy) is 2. The van der Waals surface area contributed by atoms with Gasteiger partial charge in [-0.2, -0.15) is 0 Å². The van der Waals surface area contributed by atoms with Crippen LogP contribution in [0.15, 0.2) is 24.3 Å². The zero-order valence-electron chi connectivity index (χ0n) is 16.6. The van der Waals surface area contributed by atoms with Crippen LogP contribution in [0.3, 0.4) is 0 Å². The fraction of sp³-hybridized carbons (Fsp3) is 0.333. The van der Waals surface area contributed by atoms with Crippen LogP contribution in [0.4, 0.5) is 15.3 Å². The number of methoxy groups -OCH3 is 2. The Hall–Kier alpha value is -3.02. The summed E-state index contributed by atoms with van der Waals surface area (Å²) in [7, 11) is 2.69. The molecule has 0 saturated heterocycles. The van der Waals surface area contributed by atoms with Gasteiger partial charge >= 0.3 is 12.2 Å². The smallest absolute Gasteiger partial charge is 0.411 e. The normalized spacial score (nSPS) is 10.3. The number of nitrogens with one attached hydrogen (secondary N) is 2. The van der Waals surface area contributed by atoms with Gasteiger partial charge in [-0.1, -0.05) is 12.1 Å². The van der Waals surface area contributed by atoms with Gasteiger partial charge in [0.2, 0.25) is 0 Å². The van der Waals surface area contributed by atoms with Gasteiger partial charge in [0, 0.05) is 12.2 Å². The molecule has 6 nitrogen and oxygen atoms in total. The predicted molar refractivity (Wildman–Crippen MR) is 106 cm³/mol. The van der Waals surface area contributed by atoms with Crippen molar-refractivity contribution in [2.75, 3.05) is 19.5 Å². The Morgan fingerprint density at radius 1 is 0.778 bits per heavy atom. The second-order valence-electron chi connectivity index (χ2n) is 6.54. The Balaban J connectivity index is 2.36. The van der Waals surface area contributed by atoms with Crippen molar-refractivity contribution in [1.82, 2.24) is 5.32 Å². The highest BCUT2D eigenvalue weighted by Gasteiger charge is 2.12. The topological polar surface area (TPSA) is 76.7 Å². The van der Waals surface area contributed by atoms with Crippen LogP contribution >= 0.6 is 0 Å². The Morgan fingerprint density at radius 2 is 1.22 bits per heavy atom. The number of aryl methyl sites for hydroxylation is 4. The van der Waals surface area contributed by atoms with Gasteiger partial charge in [-0.25, -0.2) is 9.59 Å². The Morgan fingerprint density at radius 3 is 1.67 bits per heavy atom. The predicted octanol–water partition coefficient (Wildman–Crippen LogP) is 4.62. The van der Waals surface area contributed by atoms with Crippen LogP contribution in [-0.2, 0) is 16.0 Å². The largest absolute Gasteiger partial charge is 0.453 e. The van der Waals surface area contributed by atoms with Crippen molar-refractivity contribution in [3.63, 3.8) is 0 Å². The van der Waals surface area contributed by atoms with Crippen LogP contribution in [0.2, 0.25) is 0 Å². The minimum atomic E-state index is -0.483. The molecule has 0 radical (unpaired) electrons. The van der Waals surface area contributed by atoms with Crippen LogP contribution in [0.1, 0.15) is 27.8 Å². The summed E-state index contributed by atoms with van der Waals surface area (Å²) in [6.07, 6.45) is -0.930. The highest BCUT2D eigenvalue weighted by Crippen LogP contribution is 2.31. The molecule has 0 aliphatic rings. The van der Waals surface area contributed by atoms with Crippen LogP contribution in [-0.4, -0.2) is 26.4 Å². The van der Waals surface area contributed by atoms with Crippen molar-refractivity contribution in [1.29, 1.82) is 0 Å². The monoisotopic (exact) mass is 370 g/mol. The van der Waals surface area contributed by atoms with E-state index in [2.05, 4.69) is 32.2 Å². The van der Waals surface area contributed by atoms with Gasteiger partial charge in [0.05, 0.1) is 14.2 Å². The molecule has 0 aromatic heterocycles. The first-order valence-electron chi connectivity index (χ1n) is 8.65. The van der Waals surface area contributed by atoms with Gasteiger partial charge < -0.3 is 14.8 Å². The lowest BCUT2D eigenvalue weighted by molar-refractivity contribution is 0.170. The molecular formula is C21H26N2O4. The Kier molecular flexibility index (Phi) is 6.45. The molecule has 2 aromatic rings. The molecule has 0 spiro atoms. The number of carbonyl (C=O) groups excluding carboxylic acids is 2. The molecule has 2 N–H and O–H groups in total. The summed E-state index contributed by atoms with van der Waals surface area (Å²) in [6.45, 7) is 8.38. The summed E-state index contributed by atoms with van der Waals surface area (Å²) in [5, 5.41) is 5.48. The quantitative estimate of drug-likeness (QED) is 0.823. The molecule has 144 valence electrons. The first kappa shape index (κ1) is 20.3. The molecule has 0 aliphatic carbocycles. The summed E-state index contributed by atoms with van der Waals surface area (Å²) in [5.41, 5.74) is 8.09. The number of rotatable bonds is 4. The number of anilines is 1. The van der Waals surface area contributed by atoms with E-state index >= 15 is 0 Å². The maximum atomic E-state index is 11.5. The third kappa shape index (κ3) is 4.78. The number of amides is 2. The third-order valence-electron chi connectivity index (χ3n) is 4.57. The van der Waals surface area contributed by atoms with Gasteiger partial charge in [0.1, 0.15) is 0 Å². The van der Waals surface area contributed by atoms with Crippen molar-refractivity contribution in [2.24, 2.45) is 0 Å². The van der Waals surface area contributed by atoms with Gasteiger partial charge in [-0.15, -0.1) is 0 Å². The maximum absolute atomic E-state index is 11.5. The average molecular weight is 370 g/mol. The molecule has 2 amide bonds. The van der Waals surface area contributed by atoms with Crippen LogP contribution in [0, 0.1) is 27.7 Å². The van der Waals surface area contributed by atoms with Gasteiger partial charge in [0.15, 0.2) is 0 Å². The third-order valence-corrected chi connectivity index (χ3v) is 4.57. The zero-order chi connectivity index (χ0) is 20.1. The summed E-state index contributed by atoms with van der Waals surface area (Å²) in [6, 6.07) is 8.28. The summed E-state index contributed by atoms with van der Waals surface area (Å²) < 4.78 is 9.31. The lowest BCUT2D eigenvalue weighted by Gasteiger charge is -2.16. The van der Waals surface area contributed by atoms with E-state index in [0.717, 1.165) is 44.6 Å². The van der Waals surface area contributed by atoms with Gasteiger partial charge in [-0.3, -0.25) is 5.32 Å². The summed E-state index contributed by atoms with van der Waals surface area (Å²) in [5.74, 6) is 0. The van der Waals surface area contributed by atoms with E-state index in [1.54, 1.807) is 0 Å². The molecule has 0 bridgehead atoms. The van der Waals surface area contributed by atoms with Crippen molar-refractivity contribution in [3.05, 3.63) is 52.1 Å². The first-order chi connectivity index (χ1) is 12.8. The average Bonchev–Trinajstić information content (AvgIpc) is 2.63. The fourth-order valence-electron chi connectivity index (χ4n) is 3.15. The number of alkyl carbamates (subject to hydrolysis) is 1. The highest BCUT2D eigenvalue weighted by atomic mass is 16.5. The molecular weight excluding hydrogens is 344 g/mol. The SMILES string of the molecule is COC(=O)NCc1c(C)cc(-c2cc(C)c(NC(=O)OC)c(C)c2)cc1C. The van der Waals surface area contributed by atoms with E-state index in [4.69, 9.17) is 0 Å². The van der Waals surface area contributed by atoms with Crippen LogP contribution in [0.5, 0.6) is 0 Å². The molecule has 6 heteroatoms. The lowest BCUT2D eigenvalue weighted by Crippen LogP contribution is -2.23. The second-order valence-corrected chi connectivity index (χ2v) is 6.54. The molecule has 27 heavy (non-hydrogen) atoms. The minimum Gasteiger partial charge on any atom is -0.453 e. The van der Waals surface area contributed by atoms with Gasteiger partial charge in [-0.05, 0) is 78.8 Å². The van der Waals surface area contributed by atoms with E-state index < -0.39 is 12.2 Å². The highest BCUT2D eigenvalue weighted by molar-refractivity contribution is 5.88. The summed E-state index contributed by atoms with van der Waals surface area (Å²) >= 11 is 0. The van der Waals surface area contributed by atoms with E-state index in [-0.39, 0.29) is 0 Å². The molecule has 2 aromatic carbocycles. The number of benzene rings is 2. The molecule has 2 rings (SSSR count). The molecule has 0 atom stereocenters. The van der Waals surface area contributed by atoms with E-state index in [0.29, 0.717) is 6.54 Å². The van der Waals surface area contributed by atoms with E-state index in [1.807, 2.05) is 39.8 Å². The van der Waals surface area contributed by atoms with Crippen molar-refractivity contribution >= 4 is 17.9 Å². The Labute approximate surface area is 159 Å². The van der Waals surface area contributed by atoms with Crippen molar-refractivity contribution in [2.45, 2.75) is 34.2 Å². The van der Waals surface area contributed by atoms with Crippen LogP contribution < -0.4 is 10.6 Å². The molecule has 0 saturated carbocycles. The molecule has 0 unspecified atom stereocenters. The first-order valence-corrected chi connectivity index (χ1v) is 8.65. The minimum absolute atomic E-state index is 0.421. The number of hydrogen-bond donors (Lipinski definition) is 2. The second kappa shape index (κ2) is 8.58. The zero-order valence-corrected chi connectivity index (χ0v) is 16.6. The number of carbonyl (C=O) groups is 2. The van der Waals surface area contributed by atoms with E-state index in [9.17, 15) is 9.59 Å². The van der Waals surface area contributed by atoms with Crippen molar-refractivity contribution in [3.8, 4) is 11.1 Å². The molecule has 0 fully saturated rings. The Bertz CT molecular complexity index is 828. The van der Waals surface area contributed by atoms with E-state index in [1.165, 1.54) is 14.2 Å². The van der Waals surface area contributed by atoms with Crippen LogP contribution in [0.25, 0.3) is 11.1 Å².